The predicted octanol–water partition coefficient (Wildman–Crippen LogP) is 2.20. The summed E-state index contributed by atoms with van der Waals surface area (Å²) in [6, 6.07) is 11.5. The molecule has 1 atom stereocenters. The van der Waals surface area contributed by atoms with Crippen LogP contribution >= 0.6 is 0 Å². The van der Waals surface area contributed by atoms with E-state index < -0.39 is 35.5 Å². The summed E-state index contributed by atoms with van der Waals surface area (Å²) in [5.41, 5.74) is 1.21. The SMILES string of the molecule is CC(C)(C)OC(=O)CC[C@H](NC(=O)c1cc(NCCO)cc(-c2ccccc2)n1)C(=O)N1CCN(C(=O)O)CC1. The standard InChI is InChI=1S/C28H37N5O7/c1-28(2,3)40-24(35)10-9-21(26(37)32-12-14-33(15-13-32)27(38)39)31-25(36)23-18-20(29-11-16-34)17-22(30-23)19-7-5-4-6-8-19/h4-8,17-18,21,34H,9-16H2,1-3H3,(H,29,30)(H,31,36)(H,38,39)/t21-/m0/s1. The van der Waals surface area contributed by atoms with Crippen molar-refractivity contribution in [1.82, 2.24) is 20.1 Å². The van der Waals surface area contributed by atoms with Crippen molar-refractivity contribution in [3.8, 4) is 11.3 Å². The van der Waals surface area contributed by atoms with Gasteiger partial charge in [-0.25, -0.2) is 9.78 Å². The summed E-state index contributed by atoms with van der Waals surface area (Å²) in [6.07, 6.45) is -1.17. The molecule has 1 aromatic carbocycles. The molecule has 1 aliphatic heterocycles. The number of anilines is 1. The average Bonchev–Trinajstić information content (AvgIpc) is 2.93. The van der Waals surface area contributed by atoms with E-state index in [9.17, 15) is 29.4 Å². The van der Waals surface area contributed by atoms with Crippen LogP contribution in [0.4, 0.5) is 10.5 Å². The number of nitrogens with one attached hydrogen (secondary N) is 2. The van der Waals surface area contributed by atoms with Gasteiger partial charge in [-0.05, 0) is 39.3 Å². The molecule has 0 bridgehead atoms. The van der Waals surface area contributed by atoms with Gasteiger partial charge in [-0.15, -0.1) is 0 Å². The highest BCUT2D eigenvalue weighted by Gasteiger charge is 2.31. The van der Waals surface area contributed by atoms with Gasteiger partial charge >= 0.3 is 12.1 Å². The van der Waals surface area contributed by atoms with E-state index in [-0.39, 0.29) is 57.9 Å². The van der Waals surface area contributed by atoms with E-state index in [0.717, 1.165) is 5.56 Å². The number of rotatable bonds is 10. The highest BCUT2D eigenvalue weighted by atomic mass is 16.6. The quantitative estimate of drug-likeness (QED) is 0.322. The molecule has 4 N–H and O–H groups in total. The maximum atomic E-state index is 13.5. The molecular weight excluding hydrogens is 518 g/mol. The lowest BCUT2D eigenvalue weighted by molar-refractivity contribution is -0.155. The maximum absolute atomic E-state index is 13.5. The molecule has 0 aliphatic carbocycles. The summed E-state index contributed by atoms with van der Waals surface area (Å²) in [4.78, 5) is 57.8. The van der Waals surface area contributed by atoms with Crippen LogP contribution in [0.3, 0.4) is 0 Å². The average molecular weight is 556 g/mol. The van der Waals surface area contributed by atoms with Gasteiger partial charge in [0.05, 0.1) is 12.3 Å². The monoisotopic (exact) mass is 555 g/mol. The summed E-state index contributed by atoms with van der Waals surface area (Å²) in [7, 11) is 0. The van der Waals surface area contributed by atoms with Crippen molar-refractivity contribution in [2.24, 2.45) is 0 Å². The molecule has 12 nitrogen and oxygen atoms in total. The number of ether oxygens (including phenoxy) is 1. The molecule has 1 saturated heterocycles. The molecule has 0 radical (unpaired) electrons. The fourth-order valence-electron chi connectivity index (χ4n) is 4.19. The van der Waals surface area contributed by atoms with Crippen molar-refractivity contribution in [3.05, 3.63) is 48.2 Å². The summed E-state index contributed by atoms with van der Waals surface area (Å²) < 4.78 is 5.37. The minimum atomic E-state index is -1.06. The minimum Gasteiger partial charge on any atom is -0.465 e. The first-order valence-electron chi connectivity index (χ1n) is 13.2. The van der Waals surface area contributed by atoms with Crippen molar-refractivity contribution in [3.63, 3.8) is 0 Å². The third-order valence-corrected chi connectivity index (χ3v) is 6.09. The number of hydrogen-bond donors (Lipinski definition) is 4. The summed E-state index contributed by atoms with van der Waals surface area (Å²) in [6.45, 7) is 6.01. The highest BCUT2D eigenvalue weighted by Crippen LogP contribution is 2.22. The number of nitrogens with zero attached hydrogens (tertiary/aromatic N) is 3. The molecule has 40 heavy (non-hydrogen) atoms. The van der Waals surface area contributed by atoms with Crippen molar-refractivity contribution in [2.45, 2.75) is 45.3 Å². The third-order valence-electron chi connectivity index (χ3n) is 6.09. The summed E-state index contributed by atoms with van der Waals surface area (Å²) in [5, 5.41) is 24.2. The van der Waals surface area contributed by atoms with Crippen LogP contribution in [-0.4, -0.2) is 99.8 Å². The zero-order valence-corrected chi connectivity index (χ0v) is 23.1. The van der Waals surface area contributed by atoms with E-state index in [1.165, 1.54) is 15.9 Å². The number of amides is 3. The van der Waals surface area contributed by atoms with Gasteiger partial charge in [0.25, 0.3) is 5.91 Å². The number of esters is 1. The number of carbonyl (C=O) groups excluding carboxylic acids is 3. The van der Waals surface area contributed by atoms with Gasteiger partial charge in [0.15, 0.2) is 0 Å². The van der Waals surface area contributed by atoms with Gasteiger partial charge in [-0.3, -0.25) is 14.4 Å². The van der Waals surface area contributed by atoms with Crippen molar-refractivity contribution < 1.29 is 34.1 Å². The third kappa shape index (κ3) is 8.94. The van der Waals surface area contributed by atoms with E-state index in [1.54, 1.807) is 26.8 Å². The van der Waals surface area contributed by atoms with Gasteiger partial charge < -0.3 is 35.4 Å². The fraction of sp³-hybridized carbons (Fsp3) is 0.464. The predicted molar refractivity (Wildman–Crippen MR) is 148 cm³/mol. The Labute approximate surface area is 233 Å². The second kappa shape index (κ2) is 13.7. The lowest BCUT2D eigenvalue weighted by atomic mass is 10.1. The molecule has 0 spiro atoms. The number of aliphatic hydroxyl groups is 1. The number of benzene rings is 1. The van der Waals surface area contributed by atoms with Crippen LogP contribution < -0.4 is 10.6 Å². The molecule has 0 saturated carbocycles. The molecule has 3 rings (SSSR count). The second-order valence-electron chi connectivity index (χ2n) is 10.4. The number of pyridine rings is 1. The topological polar surface area (TPSA) is 161 Å². The largest absolute Gasteiger partial charge is 0.465 e. The Kier molecular flexibility index (Phi) is 10.4. The van der Waals surface area contributed by atoms with E-state index in [4.69, 9.17) is 4.74 Å². The van der Waals surface area contributed by atoms with Crippen molar-refractivity contribution in [1.29, 1.82) is 0 Å². The van der Waals surface area contributed by atoms with Gasteiger partial charge in [0.1, 0.15) is 17.3 Å². The Morgan fingerprint density at radius 1 is 1.02 bits per heavy atom. The Hall–Kier alpha value is -4.19. The zero-order valence-electron chi connectivity index (χ0n) is 23.1. The lowest BCUT2D eigenvalue weighted by Gasteiger charge is -2.35. The van der Waals surface area contributed by atoms with E-state index >= 15 is 0 Å². The molecule has 12 heteroatoms. The summed E-state index contributed by atoms with van der Waals surface area (Å²) in [5.74, 6) is -1.54. The molecule has 2 heterocycles. The molecular formula is C28H37N5O7. The minimum absolute atomic E-state index is 0.00731. The molecule has 1 fully saturated rings. The van der Waals surface area contributed by atoms with Crippen LogP contribution in [0.2, 0.25) is 0 Å². The Morgan fingerprint density at radius 3 is 2.27 bits per heavy atom. The van der Waals surface area contributed by atoms with Gasteiger partial charge in [0, 0.05) is 50.4 Å². The highest BCUT2D eigenvalue weighted by molar-refractivity contribution is 5.97. The molecule has 216 valence electrons. The van der Waals surface area contributed by atoms with Crippen LogP contribution in [0, 0.1) is 0 Å². The molecule has 3 amide bonds. The first-order valence-corrected chi connectivity index (χ1v) is 13.2. The number of carboxylic acid groups (broad SMARTS) is 1. The second-order valence-corrected chi connectivity index (χ2v) is 10.4. The number of piperazine rings is 1. The fourth-order valence-corrected chi connectivity index (χ4v) is 4.19. The van der Waals surface area contributed by atoms with Gasteiger partial charge in [-0.1, -0.05) is 30.3 Å². The Morgan fingerprint density at radius 2 is 1.68 bits per heavy atom. The van der Waals surface area contributed by atoms with E-state index in [1.807, 2.05) is 30.3 Å². The number of carbonyl (C=O) groups is 4. The maximum Gasteiger partial charge on any atom is 0.407 e. The van der Waals surface area contributed by atoms with Crippen LogP contribution in [0.5, 0.6) is 0 Å². The zero-order chi connectivity index (χ0) is 29.3. The van der Waals surface area contributed by atoms with Crippen LogP contribution in [0.15, 0.2) is 42.5 Å². The Bertz CT molecular complexity index is 1190. The van der Waals surface area contributed by atoms with Gasteiger partial charge in [0.2, 0.25) is 5.91 Å². The van der Waals surface area contributed by atoms with Crippen molar-refractivity contribution >= 4 is 29.6 Å². The first kappa shape index (κ1) is 30.4. The van der Waals surface area contributed by atoms with Gasteiger partial charge in [-0.2, -0.15) is 0 Å². The van der Waals surface area contributed by atoms with Crippen LogP contribution in [-0.2, 0) is 14.3 Å². The smallest absolute Gasteiger partial charge is 0.407 e. The number of hydrogen-bond acceptors (Lipinski definition) is 8. The van der Waals surface area contributed by atoms with E-state index in [0.29, 0.717) is 11.4 Å². The molecule has 2 aromatic rings. The number of aliphatic hydroxyl groups excluding tert-OH is 1. The Balaban J connectivity index is 1.83. The van der Waals surface area contributed by atoms with Crippen LogP contribution in [0.25, 0.3) is 11.3 Å². The normalized spacial score (nSPS) is 14.3. The van der Waals surface area contributed by atoms with Crippen molar-refractivity contribution in [2.75, 3.05) is 44.6 Å². The lowest BCUT2D eigenvalue weighted by Crippen LogP contribution is -2.55. The summed E-state index contributed by atoms with van der Waals surface area (Å²) >= 11 is 0. The molecule has 1 aliphatic rings. The molecule has 0 unspecified atom stereocenters. The van der Waals surface area contributed by atoms with Crippen LogP contribution in [0.1, 0.15) is 44.1 Å². The number of aromatic nitrogens is 1. The molecule has 1 aromatic heterocycles. The first-order chi connectivity index (χ1) is 19.0. The van der Waals surface area contributed by atoms with E-state index in [2.05, 4.69) is 15.6 Å².